The lowest BCUT2D eigenvalue weighted by molar-refractivity contribution is -0.148. The van der Waals surface area contributed by atoms with E-state index in [2.05, 4.69) is 15.3 Å². The Hall–Kier alpha value is -4.15. The van der Waals surface area contributed by atoms with Crippen LogP contribution in [0.4, 0.5) is 0 Å². The number of amides is 2. The van der Waals surface area contributed by atoms with Crippen molar-refractivity contribution in [2.24, 2.45) is 5.92 Å². The van der Waals surface area contributed by atoms with Gasteiger partial charge in [-0.05, 0) is 43.0 Å². The Labute approximate surface area is 212 Å². The number of hydrogen-bond acceptors (Lipinski definition) is 6. The van der Waals surface area contributed by atoms with Crippen LogP contribution in [-0.4, -0.2) is 72.6 Å². The van der Waals surface area contributed by atoms with Gasteiger partial charge in [0.25, 0.3) is 5.91 Å². The quantitative estimate of drug-likeness (QED) is 0.292. The number of fused-ring (bicyclic) bond motifs is 3. The van der Waals surface area contributed by atoms with Crippen LogP contribution in [0.5, 0.6) is 5.75 Å². The van der Waals surface area contributed by atoms with Gasteiger partial charge in [-0.1, -0.05) is 20.3 Å². The largest absolute Gasteiger partial charge is 0.508 e. The smallest absolute Gasteiger partial charge is 0.326 e. The lowest BCUT2D eigenvalue weighted by Crippen LogP contribution is -2.45. The monoisotopic (exact) mass is 510 g/mol. The van der Waals surface area contributed by atoms with Gasteiger partial charge in [0.05, 0.1) is 11.2 Å². The van der Waals surface area contributed by atoms with Crippen LogP contribution in [0.15, 0.2) is 24.3 Å². The first-order valence-electron chi connectivity index (χ1n) is 12.3. The second-order valence-corrected chi connectivity index (χ2v) is 9.49. The summed E-state index contributed by atoms with van der Waals surface area (Å²) >= 11 is 0. The van der Waals surface area contributed by atoms with E-state index in [-0.39, 0.29) is 36.1 Å². The molecule has 3 unspecified atom stereocenters. The van der Waals surface area contributed by atoms with Crippen molar-refractivity contribution >= 4 is 45.6 Å². The highest BCUT2D eigenvalue weighted by atomic mass is 16.4. The van der Waals surface area contributed by atoms with E-state index in [1.807, 2.05) is 6.92 Å². The highest BCUT2D eigenvalue weighted by Gasteiger charge is 2.34. The summed E-state index contributed by atoms with van der Waals surface area (Å²) in [6, 6.07) is 4.34. The molecule has 0 aliphatic carbocycles. The fraction of sp³-hybridized carbons (Fsp3) is 0.423. The summed E-state index contributed by atoms with van der Waals surface area (Å²) in [4.78, 5) is 58.3. The van der Waals surface area contributed by atoms with Crippen molar-refractivity contribution in [3.8, 4) is 5.75 Å². The second-order valence-electron chi connectivity index (χ2n) is 9.49. The van der Waals surface area contributed by atoms with Crippen LogP contribution in [0, 0.1) is 5.92 Å². The standard InChI is InChI=1S/C26H30N4O7/c1-3-13(2)22(26(36)37)29-24(33)19-12-16-15-11-14(31)6-7-17(15)28-23(16)18(27-19)8-9-21(32)30-10-4-5-20(30)25(34)35/h6-7,11-13,20,22,28,31H,3-5,8-10H2,1-2H3,(H,29,33)(H,34,35)(H,36,37). The number of hydrogen-bond donors (Lipinski definition) is 5. The minimum absolute atomic E-state index is 0.0117. The predicted molar refractivity (Wildman–Crippen MR) is 134 cm³/mol. The van der Waals surface area contributed by atoms with Crippen LogP contribution in [0.2, 0.25) is 0 Å². The van der Waals surface area contributed by atoms with Crippen molar-refractivity contribution in [2.45, 2.75) is 58.0 Å². The number of rotatable bonds is 9. The number of phenols is 1. The first-order chi connectivity index (χ1) is 17.6. The van der Waals surface area contributed by atoms with E-state index in [1.165, 1.54) is 17.0 Å². The van der Waals surface area contributed by atoms with E-state index < -0.39 is 29.9 Å². The predicted octanol–water partition coefficient (Wildman–Crippen LogP) is 2.66. The van der Waals surface area contributed by atoms with Crippen LogP contribution in [0.25, 0.3) is 21.8 Å². The summed E-state index contributed by atoms with van der Waals surface area (Å²) < 4.78 is 0. The fourth-order valence-electron chi connectivity index (χ4n) is 4.83. The van der Waals surface area contributed by atoms with Gasteiger partial charge in [0.15, 0.2) is 0 Å². The number of aromatic amines is 1. The molecule has 1 saturated heterocycles. The molecule has 1 aliphatic rings. The maximum absolute atomic E-state index is 13.1. The van der Waals surface area contributed by atoms with Crippen molar-refractivity contribution in [1.29, 1.82) is 0 Å². The van der Waals surface area contributed by atoms with Crippen molar-refractivity contribution in [3.05, 3.63) is 35.7 Å². The number of aryl methyl sites for hydroxylation is 1. The van der Waals surface area contributed by atoms with Gasteiger partial charge in [0.2, 0.25) is 5.91 Å². The maximum atomic E-state index is 13.1. The molecule has 11 nitrogen and oxygen atoms in total. The molecule has 4 rings (SSSR count). The molecular weight excluding hydrogens is 480 g/mol. The number of phenolic OH excluding ortho intramolecular Hbond substituents is 1. The molecular formula is C26H30N4O7. The molecule has 0 bridgehead atoms. The Kier molecular flexibility index (Phi) is 7.33. The molecule has 1 aliphatic heterocycles. The number of aromatic nitrogens is 2. The summed E-state index contributed by atoms with van der Waals surface area (Å²) in [6.45, 7) is 3.94. The number of carbonyl (C=O) groups excluding carboxylic acids is 2. The first-order valence-corrected chi connectivity index (χ1v) is 12.3. The molecule has 3 heterocycles. The summed E-state index contributed by atoms with van der Waals surface area (Å²) in [5.74, 6) is -3.44. The number of pyridine rings is 1. The Morgan fingerprint density at radius 2 is 1.95 bits per heavy atom. The molecule has 11 heteroatoms. The second kappa shape index (κ2) is 10.5. The van der Waals surface area contributed by atoms with Gasteiger partial charge in [0.1, 0.15) is 23.5 Å². The van der Waals surface area contributed by atoms with E-state index in [4.69, 9.17) is 0 Å². The molecule has 0 radical (unpaired) electrons. The maximum Gasteiger partial charge on any atom is 0.326 e. The topological polar surface area (TPSA) is 173 Å². The third-order valence-corrected chi connectivity index (χ3v) is 7.08. The number of likely N-dealkylation sites (tertiary alicyclic amines) is 1. The summed E-state index contributed by atoms with van der Waals surface area (Å²) in [5.41, 5.74) is 1.66. The fourth-order valence-corrected chi connectivity index (χ4v) is 4.83. The lowest BCUT2D eigenvalue weighted by Gasteiger charge is -2.21. The van der Waals surface area contributed by atoms with Crippen molar-refractivity contribution in [1.82, 2.24) is 20.2 Å². The van der Waals surface area contributed by atoms with Gasteiger partial charge in [0, 0.05) is 35.7 Å². The number of carboxylic acids is 2. The molecule has 1 fully saturated rings. The van der Waals surface area contributed by atoms with Crippen molar-refractivity contribution in [3.63, 3.8) is 0 Å². The molecule has 196 valence electrons. The average molecular weight is 511 g/mol. The van der Waals surface area contributed by atoms with Gasteiger partial charge in [-0.15, -0.1) is 0 Å². The van der Waals surface area contributed by atoms with Gasteiger partial charge >= 0.3 is 11.9 Å². The summed E-state index contributed by atoms with van der Waals surface area (Å²) in [6.07, 6.45) is 1.69. The molecule has 0 saturated carbocycles. The number of aliphatic carboxylic acids is 2. The highest BCUT2D eigenvalue weighted by molar-refractivity contribution is 6.10. The van der Waals surface area contributed by atoms with Crippen LogP contribution in [-0.2, 0) is 20.8 Å². The average Bonchev–Trinajstić information content (AvgIpc) is 3.50. The van der Waals surface area contributed by atoms with Gasteiger partial charge in [-0.3, -0.25) is 9.59 Å². The number of nitrogens with one attached hydrogen (secondary N) is 2. The van der Waals surface area contributed by atoms with Crippen molar-refractivity contribution in [2.75, 3.05) is 6.54 Å². The Morgan fingerprint density at radius 1 is 1.19 bits per heavy atom. The Morgan fingerprint density at radius 3 is 2.62 bits per heavy atom. The van der Waals surface area contributed by atoms with E-state index in [0.717, 1.165) is 0 Å². The number of nitrogens with zero attached hydrogens (tertiary/aromatic N) is 2. The van der Waals surface area contributed by atoms with E-state index in [9.17, 15) is 34.5 Å². The molecule has 5 N–H and O–H groups in total. The molecule has 37 heavy (non-hydrogen) atoms. The van der Waals surface area contributed by atoms with E-state index in [0.29, 0.717) is 53.3 Å². The SMILES string of the molecule is CCC(C)C(NC(=O)c1cc2c([nH]c3ccc(O)cc32)c(CCC(=O)N2CCCC2C(=O)O)n1)C(=O)O. The van der Waals surface area contributed by atoms with Crippen LogP contribution < -0.4 is 5.32 Å². The van der Waals surface area contributed by atoms with Crippen LogP contribution in [0.3, 0.4) is 0 Å². The number of benzene rings is 1. The Balaban J connectivity index is 1.70. The zero-order valence-corrected chi connectivity index (χ0v) is 20.7. The zero-order valence-electron chi connectivity index (χ0n) is 20.7. The minimum Gasteiger partial charge on any atom is -0.508 e. The van der Waals surface area contributed by atoms with E-state index in [1.54, 1.807) is 19.1 Å². The molecule has 2 aromatic heterocycles. The minimum atomic E-state index is -1.15. The van der Waals surface area contributed by atoms with Crippen molar-refractivity contribution < 1.29 is 34.5 Å². The van der Waals surface area contributed by atoms with Gasteiger partial charge < -0.3 is 30.5 Å². The number of carboxylic acid groups (broad SMARTS) is 2. The third-order valence-electron chi connectivity index (χ3n) is 7.08. The molecule has 3 atom stereocenters. The molecule has 1 aromatic carbocycles. The zero-order chi connectivity index (χ0) is 26.9. The first kappa shape index (κ1) is 25.9. The van der Waals surface area contributed by atoms with Crippen LogP contribution in [0.1, 0.15) is 55.7 Å². The van der Waals surface area contributed by atoms with Gasteiger partial charge in [-0.2, -0.15) is 0 Å². The highest BCUT2D eigenvalue weighted by Crippen LogP contribution is 2.31. The Bertz CT molecular complexity index is 1380. The molecule has 0 spiro atoms. The number of carbonyl (C=O) groups is 4. The summed E-state index contributed by atoms with van der Waals surface area (Å²) in [5, 5.41) is 32.8. The normalized spacial score (nSPS) is 17.1. The summed E-state index contributed by atoms with van der Waals surface area (Å²) in [7, 11) is 0. The molecule has 2 amide bonds. The lowest BCUT2D eigenvalue weighted by atomic mass is 9.99. The van der Waals surface area contributed by atoms with E-state index >= 15 is 0 Å². The number of aromatic hydroxyl groups is 1. The molecule has 3 aromatic rings. The van der Waals surface area contributed by atoms with Gasteiger partial charge in [-0.25, -0.2) is 14.6 Å². The van der Waals surface area contributed by atoms with Crippen LogP contribution >= 0.6 is 0 Å². The third kappa shape index (κ3) is 5.20. The number of H-pyrrole nitrogens is 1.